The molecule has 1 aliphatic heterocycles. The minimum absolute atomic E-state index is 0. The van der Waals surface area contributed by atoms with E-state index in [1.165, 1.54) is 0 Å². The standard InChI is InChI=1S/C4H10N2.CH3NO2.K/c1-2-6-4-3-5-1;2-1(3)4;/h5-6H,1-4H2;2H2,(H,3,4);/q;;+1/p-1. The number of hydrogen-bond acceptors (Lipinski definition) is 4. The average molecular weight is 185 g/mol. The molecule has 1 saturated heterocycles. The topological polar surface area (TPSA) is 90.2 Å². The van der Waals surface area contributed by atoms with Crippen LogP contribution >= 0.6 is 0 Å². The number of carbonyl (C=O) groups excluding carboxylic acids is 1. The quantitative estimate of drug-likeness (QED) is 0.328. The summed E-state index contributed by atoms with van der Waals surface area (Å²) in [5.74, 6) is 0. The predicted molar refractivity (Wildman–Crippen MR) is 35.3 cm³/mol. The van der Waals surface area contributed by atoms with Gasteiger partial charge in [0.25, 0.3) is 0 Å². The molecule has 4 N–H and O–H groups in total. The normalized spacial score (nSPS) is 15.3. The molecular formula is C5H12KN3O2. The number of amides is 1. The van der Waals surface area contributed by atoms with Gasteiger partial charge in [-0.05, 0) is 0 Å². The molecule has 0 spiro atoms. The monoisotopic (exact) mass is 185 g/mol. The molecule has 0 unspecified atom stereocenters. The molecule has 1 fully saturated rings. The molecule has 0 aromatic carbocycles. The van der Waals surface area contributed by atoms with E-state index < -0.39 is 6.09 Å². The molecular weight excluding hydrogens is 173 g/mol. The second kappa shape index (κ2) is 10.8. The maximum absolute atomic E-state index is 8.67. The van der Waals surface area contributed by atoms with Crippen LogP contribution in [0.25, 0.3) is 0 Å². The SMILES string of the molecule is C1CNCCN1.NC(=O)[O-].[K+]. The zero-order valence-corrected chi connectivity index (χ0v) is 9.85. The molecule has 0 atom stereocenters. The molecule has 1 rings (SSSR count). The number of piperazine rings is 1. The van der Waals surface area contributed by atoms with Gasteiger partial charge in [0.05, 0.1) is 0 Å². The van der Waals surface area contributed by atoms with Crippen LogP contribution in [-0.2, 0) is 0 Å². The first-order valence-corrected chi connectivity index (χ1v) is 3.11. The van der Waals surface area contributed by atoms with Crippen LogP contribution in [0.4, 0.5) is 4.79 Å². The molecule has 60 valence electrons. The number of carboxylic acid groups (broad SMARTS) is 1. The largest absolute Gasteiger partial charge is 1.00 e. The van der Waals surface area contributed by atoms with E-state index >= 15 is 0 Å². The summed E-state index contributed by atoms with van der Waals surface area (Å²) in [7, 11) is 0. The molecule has 11 heavy (non-hydrogen) atoms. The van der Waals surface area contributed by atoms with Crippen molar-refractivity contribution >= 4 is 6.09 Å². The van der Waals surface area contributed by atoms with E-state index in [1.54, 1.807) is 0 Å². The van der Waals surface area contributed by atoms with Crippen molar-refractivity contribution in [3.63, 3.8) is 0 Å². The fourth-order valence-corrected chi connectivity index (χ4v) is 0.604. The van der Waals surface area contributed by atoms with Gasteiger partial charge in [0.15, 0.2) is 0 Å². The summed E-state index contributed by atoms with van der Waals surface area (Å²) in [5.41, 5.74) is 3.92. The van der Waals surface area contributed by atoms with Gasteiger partial charge in [0, 0.05) is 26.2 Å². The van der Waals surface area contributed by atoms with E-state index in [0.29, 0.717) is 0 Å². The van der Waals surface area contributed by atoms with Crippen LogP contribution in [0.15, 0.2) is 0 Å². The van der Waals surface area contributed by atoms with Crippen LogP contribution in [0.3, 0.4) is 0 Å². The Hall–Kier alpha value is 0.826. The van der Waals surface area contributed by atoms with Crippen molar-refractivity contribution in [3.05, 3.63) is 0 Å². The number of nitrogens with one attached hydrogen (secondary N) is 2. The van der Waals surface area contributed by atoms with Gasteiger partial charge < -0.3 is 26.3 Å². The summed E-state index contributed by atoms with van der Waals surface area (Å²) in [5, 5.41) is 15.1. The van der Waals surface area contributed by atoms with Crippen molar-refractivity contribution in [2.75, 3.05) is 26.2 Å². The van der Waals surface area contributed by atoms with Crippen molar-refractivity contribution in [1.82, 2.24) is 10.6 Å². The van der Waals surface area contributed by atoms with Gasteiger partial charge in [-0.1, -0.05) is 0 Å². The third kappa shape index (κ3) is 18.1. The Morgan fingerprint density at radius 1 is 1.18 bits per heavy atom. The molecule has 5 nitrogen and oxygen atoms in total. The van der Waals surface area contributed by atoms with Crippen LogP contribution in [-0.4, -0.2) is 32.3 Å². The number of carbonyl (C=O) groups is 1. The Kier molecular flexibility index (Phi) is 14.1. The van der Waals surface area contributed by atoms with Gasteiger partial charge in [-0.3, -0.25) is 0 Å². The fraction of sp³-hybridized carbons (Fsp3) is 0.800. The van der Waals surface area contributed by atoms with Crippen LogP contribution < -0.4 is 72.9 Å². The minimum Gasteiger partial charge on any atom is -0.530 e. The van der Waals surface area contributed by atoms with Crippen LogP contribution in [0.1, 0.15) is 0 Å². The Morgan fingerprint density at radius 3 is 1.45 bits per heavy atom. The van der Waals surface area contributed by atoms with Gasteiger partial charge in [0.2, 0.25) is 0 Å². The van der Waals surface area contributed by atoms with E-state index in [-0.39, 0.29) is 51.4 Å². The molecule has 0 bridgehead atoms. The maximum atomic E-state index is 8.67. The van der Waals surface area contributed by atoms with Crippen LogP contribution in [0.2, 0.25) is 0 Å². The Bertz CT molecular complexity index is 82.2. The molecule has 0 radical (unpaired) electrons. The van der Waals surface area contributed by atoms with E-state index in [4.69, 9.17) is 9.90 Å². The Morgan fingerprint density at radius 2 is 1.36 bits per heavy atom. The van der Waals surface area contributed by atoms with E-state index in [2.05, 4.69) is 16.4 Å². The third-order valence-corrected chi connectivity index (χ3v) is 0.957. The van der Waals surface area contributed by atoms with E-state index in [0.717, 1.165) is 26.2 Å². The van der Waals surface area contributed by atoms with Crippen molar-refractivity contribution in [2.24, 2.45) is 5.73 Å². The molecule has 1 aliphatic rings. The van der Waals surface area contributed by atoms with E-state index in [1.807, 2.05) is 0 Å². The first-order valence-electron chi connectivity index (χ1n) is 3.11. The summed E-state index contributed by atoms with van der Waals surface area (Å²) >= 11 is 0. The molecule has 0 aromatic heterocycles. The van der Waals surface area contributed by atoms with Crippen LogP contribution in [0, 0.1) is 0 Å². The second-order valence-corrected chi connectivity index (χ2v) is 1.82. The van der Waals surface area contributed by atoms with Crippen molar-refractivity contribution in [2.45, 2.75) is 0 Å². The maximum Gasteiger partial charge on any atom is 1.00 e. The van der Waals surface area contributed by atoms with E-state index in [9.17, 15) is 0 Å². The smallest absolute Gasteiger partial charge is 0.530 e. The third-order valence-electron chi connectivity index (χ3n) is 0.957. The number of rotatable bonds is 0. The van der Waals surface area contributed by atoms with Crippen LogP contribution in [0.5, 0.6) is 0 Å². The van der Waals surface area contributed by atoms with Gasteiger partial charge in [-0.15, -0.1) is 0 Å². The molecule has 6 heteroatoms. The predicted octanol–water partition coefficient (Wildman–Crippen LogP) is -5.53. The Balaban J connectivity index is 0. The molecule has 0 saturated carbocycles. The fourth-order valence-electron chi connectivity index (χ4n) is 0.604. The van der Waals surface area contributed by atoms with Gasteiger partial charge in [-0.2, -0.15) is 0 Å². The summed E-state index contributed by atoms with van der Waals surface area (Å²) in [6, 6.07) is 0. The first-order chi connectivity index (χ1) is 4.73. The summed E-state index contributed by atoms with van der Waals surface area (Å²) in [4.78, 5) is 8.67. The molecule has 0 aliphatic carbocycles. The van der Waals surface area contributed by atoms with Crippen molar-refractivity contribution in [3.8, 4) is 0 Å². The van der Waals surface area contributed by atoms with Crippen molar-refractivity contribution in [1.29, 1.82) is 0 Å². The van der Waals surface area contributed by atoms with Crippen molar-refractivity contribution < 1.29 is 61.3 Å². The number of hydrogen-bond donors (Lipinski definition) is 3. The first kappa shape index (κ1) is 14.4. The molecule has 0 aromatic rings. The summed E-state index contributed by atoms with van der Waals surface area (Å²) < 4.78 is 0. The summed E-state index contributed by atoms with van der Waals surface area (Å²) in [6.07, 6.45) is -1.58. The number of primary amides is 1. The number of nitrogens with two attached hydrogens (primary N) is 1. The van der Waals surface area contributed by atoms with Gasteiger partial charge >= 0.3 is 51.4 Å². The molecule has 1 heterocycles. The van der Waals surface area contributed by atoms with Gasteiger partial charge in [0.1, 0.15) is 6.09 Å². The van der Waals surface area contributed by atoms with Gasteiger partial charge in [-0.25, -0.2) is 0 Å². The minimum atomic E-state index is -1.58. The molecule has 1 amide bonds. The zero-order chi connectivity index (χ0) is 7.82. The average Bonchev–Trinajstić information content (AvgIpc) is 1.90. The Labute approximate surface area is 109 Å². The second-order valence-electron chi connectivity index (χ2n) is 1.82. The zero-order valence-electron chi connectivity index (χ0n) is 6.72. The summed E-state index contributed by atoms with van der Waals surface area (Å²) in [6.45, 7) is 4.56.